The maximum Gasteiger partial charge on any atom is 0.120 e. The van der Waals surface area contributed by atoms with Crippen LogP contribution >= 0.6 is 34.8 Å². The fourth-order valence-electron chi connectivity index (χ4n) is 3.22. The number of aliphatic imine (C=N–C) groups is 1. The molecule has 0 N–H and O–H groups in total. The lowest BCUT2D eigenvalue weighted by Crippen LogP contribution is -2.11. The molecule has 0 amide bonds. The smallest absolute Gasteiger partial charge is 0.120 e. The van der Waals surface area contributed by atoms with Crippen molar-refractivity contribution in [2.24, 2.45) is 4.99 Å². The number of rotatable bonds is 5. The molecule has 5 heteroatoms. The van der Waals surface area contributed by atoms with Crippen molar-refractivity contribution in [3.8, 4) is 5.75 Å². The van der Waals surface area contributed by atoms with Crippen LogP contribution in [0.5, 0.6) is 5.75 Å². The van der Waals surface area contributed by atoms with Gasteiger partial charge in [-0.3, -0.25) is 4.99 Å². The van der Waals surface area contributed by atoms with Crippen LogP contribution < -0.4 is 4.74 Å². The molecule has 0 atom stereocenters. The second kappa shape index (κ2) is 9.04. The van der Waals surface area contributed by atoms with Gasteiger partial charge in [-0.1, -0.05) is 65.1 Å². The Hall–Kier alpha value is -2.26. The average molecular weight is 443 g/mol. The fraction of sp³-hybridized carbons (Fsp3) is 0.125. The van der Waals surface area contributed by atoms with Crippen LogP contribution in [0.4, 0.5) is 0 Å². The van der Waals surface area contributed by atoms with Crippen LogP contribution in [0.15, 0.2) is 71.7 Å². The first-order valence-corrected chi connectivity index (χ1v) is 10.4. The molecule has 0 fully saturated rings. The minimum absolute atomic E-state index is 0.439. The monoisotopic (exact) mass is 441 g/mol. The molecule has 3 aromatic rings. The topological polar surface area (TPSA) is 21.6 Å². The highest BCUT2D eigenvalue weighted by molar-refractivity contribution is 6.35. The van der Waals surface area contributed by atoms with E-state index in [1.54, 1.807) is 6.07 Å². The Labute approximate surface area is 185 Å². The van der Waals surface area contributed by atoms with Gasteiger partial charge in [0.15, 0.2) is 0 Å². The summed E-state index contributed by atoms with van der Waals surface area (Å²) in [6.07, 6.45) is 4.85. The molecule has 0 saturated heterocycles. The van der Waals surface area contributed by atoms with Crippen molar-refractivity contribution in [2.75, 3.05) is 6.54 Å². The third kappa shape index (κ3) is 4.84. The minimum atomic E-state index is 0.439. The van der Waals surface area contributed by atoms with Crippen molar-refractivity contribution in [3.63, 3.8) is 0 Å². The molecular weight excluding hydrogens is 425 g/mol. The first-order chi connectivity index (χ1) is 14.1. The van der Waals surface area contributed by atoms with Gasteiger partial charge in [0.1, 0.15) is 12.4 Å². The molecule has 0 aliphatic carbocycles. The molecule has 0 spiro atoms. The summed E-state index contributed by atoms with van der Waals surface area (Å²) in [6, 6.07) is 19.3. The summed E-state index contributed by atoms with van der Waals surface area (Å²) in [7, 11) is 0. The summed E-state index contributed by atoms with van der Waals surface area (Å²) in [5.74, 6) is 0.828. The Bertz CT molecular complexity index is 1110. The number of fused-ring (bicyclic) bond motifs is 1. The van der Waals surface area contributed by atoms with Gasteiger partial charge in [-0.05, 0) is 60.0 Å². The average Bonchev–Trinajstić information content (AvgIpc) is 2.72. The van der Waals surface area contributed by atoms with E-state index in [9.17, 15) is 0 Å². The van der Waals surface area contributed by atoms with Crippen molar-refractivity contribution in [1.29, 1.82) is 0 Å². The van der Waals surface area contributed by atoms with Crippen LogP contribution in [0.3, 0.4) is 0 Å². The number of nitrogens with zero attached hydrogens (tertiary/aromatic N) is 1. The maximum absolute atomic E-state index is 6.26. The third-order valence-electron chi connectivity index (χ3n) is 4.75. The van der Waals surface area contributed by atoms with E-state index in [4.69, 9.17) is 39.5 Å². The zero-order valence-electron chi connectivity index (χ0n) is 15.5. The number of benzene rings is 3. The summed E-state index contributed by atoms with van der Waals surface area (Å²) < 4.78 is 5.96. The first kappa shape index (κ1) is 20.0. The van der Waals surface area contributed by atoms with Crippen molar-refractivity contribution in [3.05, 3.63) is 104 Å². The quantitative estimate of drug-likeness (QED) is 0.406. The van der Waals surface area contributed by atoms with Crippen LogP contribution in [-0.2, 0) is 13.0 Å². The number of hydrogen-bond acceptors (Lipinski definition) is 2. The fourth-order valence-corrected chi connectivity index (χ4v) is 3.88. The van der Waals surface area contributed by atoms with Crippen molar-refractivity contribution >= 4 is 46.6 Å². The zero-order chi connectivity index (χ0) is 20.2. The van der Waals surface area contributed by atoms with Crippen molar-refractivity contribution < 1.29 is 4.74 Å². The van der Waals surface area contributed by atoms with E-state index in [0.717, 1.165) is 41.1 Å². The third-order valence-corrected chi connectivity index (χ3v) is 5.68. The van der Waals surface area contributed by atoms with Crippen LogP contribution in [-0.4, -0.2) is 12.3 Å². The molecule has 29 heavy (non-hydrogen) atoms. The van der Waals surface area contributed by atoms with E-state index in [1.165, 1.54) is 5.56 Å². The second-order valence-corrected chi connectivity index (χ2v) is 7.97. The zero-order valence-corrected chi connectivity index (χ0v) is 17.8. The molecule has 0 unspecified atom stereocenters. The Morgan fingerprint density at radius 1 is 0.897 bits per heavy atom. The van der Waals surface area contributed by atoms with Gasteiger partial charge < -0.3 is 4.74 Å². The van der Waals surface area contributed by atoms with Gasteiger partial charge in [0.2, 0.25) is 0 Å². The highest BCUT2D eigenvalue weighted by Crippen LogP contribution is 2.26. The van der Waals surface area contributed by atoms with Gasteiger partial charge in [0.25, 0.3) is 0 Å². The molecule has 1 heterocycles. The molecule has 0 radical (unpaired) electrons. The molecular formula is C24H18Cl3NO. The van der Waals surface area contributed by atoms with E-state index in [2.05, 4.69) is 17.1 Å². The lowest BCUT2D eigenvalue weighted by atomic mass is 9.96. The lowest BCUT2D eigenvalue weighted by molar-refractivity contribution is 0.306. The number of ether oxygens (including phenoxy) is 1. The summed E-state index contributed by atoms with van der Waals surface area (Å²) in [4.78, 5) is 4.67. The number of hydrogen-bond donors (Lipinski definition) is 0. The van der Waals surface area contributed by atoms with Crippen LogP contribution in [0, 0.1) is 0 Å². The summed E-state index contributed by atoms with van der Waals surface area (Å²) in [5, 5.41) is 1.96. The van der Waals surface area contributed by atoms with Crippen molar-refractivity contribution in [1.82, 2.24) is 0 Å². The molecule has 1 aliphatic heterocycles. The molecule has 4 rings (SSSR count). The van der Waals surface area contributed by atoms with Gasteiger partial charge >= 0.3 is 0 Å². The summed E-state index contributed by atoms with van der Waals surface area (Å²) >= 11 is 18.4. The van der Waals surface area contributed by atoms with Gasteiger partial charge in [-0.2, -0.15) is 0 Å². The van der Waals surface area contributed by atoms with E-state index in [-0.39, 0.29) is 0 Å². The van der Waals surface area contributed by atoms with Crippen molar-refractivity contribution in [2.45, 2.75) is 13.0 Å². The molecule has 0 bridgehead atoms. The molecule has 146 valence electrons. The second-order valence-electron chi connectivity index (χ2n) is 6.72. The Morgan fingerprint density at radius 3 is 2.59 bits per heavy atom. The predicted octanol–water partition coefficient (Wildman–Crippen LogP) is 7.28. The predicted molar refractivity (Wildman–Crippen MR) is 123 cm³/mol. The largest absolute Gasteiger partial charge is 0.489 e. The normalized spacial score (nSPS) is 13.3. The van der Waals surface area contributed by atoms with Gasteiger partial charge in [0.05, 0.1) is 5.71 Å². The first-order valence-electron chi connectivity index (χ1n) is 9.27. The lowest BCUT2D eigenvalue weighted by Gasteiger charge is -2.17. The van der Waals surface area contributed by atoms with E-state index in [1.807, 2.05) is 54.6 Å². The molecule has 0 aromatic heterocycles. The number of allylic oxidation sites excluding steroid dienone is 1. The SMILES string of the molecule is Clc1ccc(C=CC2=NCCc3cc(OCc4ccccc4Cl)ccc32)c(Cl)c1. The maximum atomic E-state index is 6.26. The van der Waals surface area contributed by atoms with Crippen LogP contribution in [0.25, 0.3) is 6.08 Å². The summed E-state index contributed by atoms with van der Waals surface area (Å²) in [5.41, 5.74) is 5.15. The molecule has 1 aliphatic rings. The molecule has 3 aromatic carbocycles. The van der Waals surface area contributed by atoms with Gasteiger partial charge in [-0.25, -0.2) is 0 Å². The minimum Gasteiger partial charge on any atom is -0.489 e. The van der Waals surface area contributed by atoms with E-state index >= 15 is 0 Å². The van der Waals surface area contributed by atoms with Crippen LogP contribution in [0.2, 0.25) is 15.1 Å². The van der Waals surface area contributed by atoms with E-state index in [0.29, 0.717) is 21.7 Å². The standard InChI is InChI=1S/C24H18Cl3NO/c25-19-7-5-16(23(27)14-19)6-10-24-21-9-8-20(13-17(21)11-12-28-24)29-15-18-3-1-2-4-22(18)26/h1-10,13-14H,11-12,15H2. The Morgan fingerprint density at radius 2 is 1.76 bits per heavy atom. The van der Waals surface area contributed by atoms with Gasteiger partial charge in [-0.15, -0.1) is 0 Å². The Kier molecular flexibility index (Phi) is 6.25. The summed E-state index contributed by atoms with van der Waals surface area (Å²) in [6.45, 7) is 1.18. The van der Waals surface area contributed by atoms with E-state index < -0.39 is 0 Å². The molecule has 0 saturated carbocycles. The highest BCUT2D eigenvalue weighted by atomic mass is 35.5. The van der Waals surface area contributed by atoms with Crippen LogP contribution in [0.1, 0.15) is 22.3 Å². The van der Waals surface area contributed by atoms with Gasteiger partial charge in [0, 0.05) is 32.7 Å². The number of halogens is 3. The Balaban J connectivity index is 1.51. The molecule has 2 nitrogen and oxygen atoms in total. The highest BCUT2D eigenvalue weighted by Gasteiger charge is 2.13.